The molecule has 1 aliphatic carbocycles. The van der Waals surface area contributed by atoms with Gasteiger partial charge in [-0.3, -0.25) is 4.79 Å². The quantitative estimate of drug-likeness (QED) is 0.754. The van der Waals surface area contributed by atoms with Crippen LogP contribution in [0.25, 0.3) is 0 Å². The Labute approximate surface area is 81.0 Å². The molecule has 70 valence electrons. The molecule has 1 heterocycles. The minimum atomic E-state index is 0.177. The SMILES string of the molecule is CCC(=O)c1sc(N)nc1C1CC1. The molecule has 2 rings (SSSR count). The molecule has 1 aliphatic rings. The topological polar surface area (TPSA) is 56.0 Å². The normalized spacial score (nSPS) is 16.1. The summed E-state index contributed by atoms with van der Waals surface area (Å²) in [6.45, 7) is 1.87. The Balaban J connectivity index is 2.36. The molecule has 13 heavy (non-hydrogen) atoms. The Hall–Kier alpha value is -0.900. The molecule has 1 saturated carbocycles. The standard InChI is InChI=1S/C9H12N2OS/c1-2-6(12)8-7(5-3-4-5)11-9(10)13-8/h5H,2-4H2,1H3,(H2,10,11). The molecule has 1 aromatic heterocycles. The fourth-order valence-corrected chi connectivity index (χ4v) is 2.27. The van der Waals surface area contributed by atoms with Gasteiger partial charge in [0.25, 0.3) is 0 Å². The van der Waals surface area contributed by atoms with E-state index in [0.29, 0.717) is 17.5 Å². The van der Waals surface area contributed by atoms with Crippen LogP contribution in [0, 0.1) is 0 Å². The number of hydrogen-bond acceptors (Lipinski definition) is 4. The van der Waals surface area contributed by atoms with Crippen molar-refractivity contribution in [3.05, 3.63) is 10.6 Å². The van der Waals surface area contributed by atoms with Gasteiger partial charge in [-0.2, -0.15) is 0 Å². The van der Waals surface area contributed by atoms with Gasteiger partial charge >= 0.3 is 0 Å². The maximum atomic E-state index is 11.5. The van der Waals surface area contributed by atoms with Crippen molar-refractivity contribution in [2.45, 2.75) is 32.1 Å². The van der Waals surface area contributed by atoms with E-state index < -0.39 is 0 Å². The van der Waals surface area contributed by atoms with Crippen molar-refractivity contribution in [1.29, 1.82) is 0 Å². The third kappa shape index (κ3) is 1.58. The summed E-state index contributed by atoms with van der Waals surface area (Å²) in [5.41, 5.74) is 6.55. The van der Waals surface area contributed by atoms with Gasteiger partial charge in [0.05, 0.1) is 10.6 Å². The second-order valence-electron chi connectivity index (χ2n) is 3.32. The van der Waals surface area contributed by atoms with Crippen LogP contribution < -0.4 is 5.73 Å². The maximum Gasteiger partial charge on any atom is 0.180 e. The van der Waals surface area contributed by atoms with Gasteiger partial charge in [-0.05, 0) is 12.8 Å². The summed E-state index contributed by atoms with van der Waals surface area (Å²) >= 11 is 1.33. The lowest BCUT2D eigenvalue weighted by Gasteiger charge is -1.95. The number of carbonyl (C=O) groups is 1. The van der Waals surface area contributed by atoms with E-state index in [1.54, 1.807) is 0 Å². The minimum Gasteiger partial charge on any atom is -0.375 e. The highest BCUT2D eigenvalue weighted by atomic mass is 32.1. The molecule has 1 fully saturated rings. The maximum absolute atomic E-state index is 11.5. The summed E-state index contributed by atoms with van der Waals surface area (Å²) in [4.78, 5) is 16.5. The molecule has 0 aromatic carbocycles. The second kappa shape index (κ2) is 3.10. The largest absolute Gasteiger partial charge is 0.375 e. The van der Waals surface area contributed by atoms with Gasteiger partial charge in [-0.15, -0.1) is 0 Å². The van der Waals surface area contributed by atoms with Gasteiger partial charge in [-0.25, -0.2) is 4.98 Å². The van der Waals surface area contributed by atoms with E-state index >= 15 is 0 Å². The van der Waals surface area contributed by atoms with E-state index in [2.05, 4.69) is 4.98 Å². The van der Waals surface area contributed by atoms with Crippen LogP contribution in [0.2, 0.25) is 0 Å². The summed E-state index contributed by atoms with van der Waals surface area (Å²) in [5, 5.41) is 0.527. The predicted molar refractivity (Wildman–Crippen MR) is 53.1 cm³/mol. The third-order valence-electron chi connectivity index (χ3n) is 2.21. The zero-order valence-electron chi connectivity index (χ0n) is 7.54. The van der Waals surface area contributed by atoms with E-state index in [0.717, 1.165) is 23.4 Å². The van der Waals surface area contributed by atoms with Crippen molar-refractivity contribution in [2.24, 2.45) is 0 Å². The highest BCUT2D eigenvalue weighted by Crippen LogP contribution is 2.43. The molecular weight excluding hydrogens is 184 g/mol. The number of nitrogens with two attached hydrogens (primary N) is 1. The molecule has 4 heteroatoms. The van der Waals surface area contributed by atoms with Crippen molar-refractivity contribution in [3.63, 3.8) is 0 Å². The van der Waals surface area contributed by atoms with Gasteiger partial charge in [0.1, 0.15) is 0 Å². The van der Waals surface area contributed by atoms with Gasteiger partial charge in [0, 0.05) is 12.3 Å². The summed E-state index contributed by atoms with van der Waals surface area (Å²) in [7, 11) is 0. The first-order chi connectivity index (χ1) is 6.22. The van der Waals surface area contributed by atoms with E-state index in [4.69, 9.17) is 5.73 Å². The van der Waals surface area contributed by atoms with Crippen LogP contribution in [0.4, 0.5) is 5.13 Å². The number of aromatic nitrogens is 1. The number of anilines is 1. The molecule has 1 aromatic rings. The molecule has 0 bridgehead atoms. The van der Waals surface area contributed by atoms with E-state index in [1.165, 1.54) is 11.3 Å². The van der Waals surface area contributed by atoms with Crippen molar-refractivity contribution in [2.75, 3.05) is 5.73 Å². The predicted octanol–water partition coefficient (Wildman–Crippen LogP) is 2.20. The van der Waals surface area contributed by atoms with Crippen molar-refractivity contribution in [3.8, 4) is 0 Å². The molecule has 0 aliphatic heterocycles. The average Bonchev–Trinajstić information content (AvgIpc) is 2.89. The molecule has 0 unspecified atom stereocenters. The first kappa shape index (κ1) is 8.69. The van der Waals surface area contributed by atoms with Crippen LogP contribution in [-0.4, -0.2) is 10.8 Å². The molecular formula is C9H12N2OS. The van der Waals surface area contributed by atoms with Crippen LogP contribution >= 0.6 is 11.3 Å². The number of Topliss-reactive ketones (excluding diaryl/α,β-unsaturated/α-hetero) is 1. The van der Waals surface area contributed by atoms with Crippen molar-refractivity contribution in [1.82, 2.24) is 4.98 Å². The van der Waals surface area contributed by atoms with Crippen molar-refractivity contribution >= 4 is 22.3 Å². The zero-order chi connectivity index (χ0) is 9.42. The molecule has 0 amide bonds. The number of ketones is 1. The fraction of sp³-hybridized carbons (Fsp3) is 0.556. The van der Waals surface area contributed by atoms with Crippen molar-refractivity contribution < 1.29 is 4.79 Å². The van der Waals surface area contributed by atoms with Gasteiger partial charge in [0.15, 0.2) is 10.9 Å². The van der Waals surface area contributed by atoms with E-state index in [1.807, 2.05) is 6.92 Å². The highest BCUT2D eigenvalue weighted by molar-refractivity contribution is 7.17. The van der Waals surface area contributed by atoms with E-state index in [-0.39, 0.29) is 5.78 Å². The molecule has 0 spiro atoms. The Bertz CT molecular complexity index is 341. The smallest absolute Gasteiger partial charge is 0.180 e. The Morgan fingerprint density at radius 3 is 2.92 bits per heavy atom. The van der Waals surface area contributed by atoms with Gasteiger partial charge in [-0.1, -0.05) is 18.3 Å². The number of carbonyl (C=O) groups excluding carboxylic acids is 1. The lowest BCUT2D eigenvalue weighted by molar-refractivity contribution is 0.0991. The first-order valence-corrected chi connectivity index (χ1v) is 5.33. The van der Waals surface area contributed by atoms with Gasteiger partial charge < -0.3 is 5.73 Å². The van der Waals surface area contributed by atoms with Crippen LogP contribution in [0.1, 0.15) is 47.5 Å². The molecule has 0 atom stereocenters. The number of rotatable bonds is 3. The first-order valence-electron chi connectivity index (χ1n) is 4.51. The van der Waals surface area contributed by atoms with Gasteiger partial charge in [0.2, 0.25) is 0 Å². The fourth-order valence-electron chi connectivity index (χ4n) is 1.34. The summed E-state index contributed by atoms with van der Waals surface area (Å²) in [6, 6.07) is 0. The third-order valence-corrected chi connectivity index (χ3v) is 3.15. The summed E-state index contributed by atoms with van der Waals surface area (Å²) in [6.07, 6.45) is 2.86. The summed E-state index contributed by atoms with van der Waals surface area (Å²) < 4.78 is 0. The average molecular weight is 196 g/mol. The Morgan fingerprint density at radius 2 is 2.38 bits per heavy atom. The van der Waals surface area contributed by atoms with Crippen LogP contribution in [-0.2, 0) is 0 Å². The Kier molecular flexibility index (Phi) is 2.07. The summed E-state index contributed by atoms with van der Waals surface area (Å²) in [5.74, 6) is 0.690. The second-order valence-corrected chi connectivity index (χ2v) is 4.35. The number of nitrogen functional groups attached to an aromatic ring is 1. The number of nitrogens with zero attached hydrogens (tertiary/aromatic N) is 1. The minimum absolute atomic E-state index is 0.177. The molecule has 2 N–H and O–H groups in total. The zero-order valence-corrected chi connectivity index (χ0v) is 8.36. The number of hydrogen-bond donors (Lipinski definition) is 1. The van der Waals surface area contributed by atoms with Crippen LogP contribution in [0.5, 0.6) is 0 Å². The molecule has 3 nitrogen and oxygen atoms in total. The molecule has 0 saturated heterocycles. The Morgan fingerprint density at radius 1 is 1.69 bits per heavy atom. The molecule has 0 radical (unpaired) electrons. The highest BCUT2D eigenvalue weighted by Gasteiger charge is 2.31. The van der Waals surface area contributed by atoms with Crippen LogP contribution in [0.15, 0.2) is 0 Å². The lowest BCUT2D eigenvalue weighted by atomic mass is 10.2. The monoisotopic (exact) mass is 196 g/mol. The van der Waals surface area contributed by atoms with E-state index in [9.17, 15) is 4.79 Å². The number of thiazole rings is 1. The lowest BCUT2D eigenvalue weighted by Crippen LogP contribution is -1.97. The van der Waals surface area contributed by atoms with Crippen LogP contribution in [0.3, 0.4) is 0 Å².